The molecule has 0 spiro atoms. The Bertz CT molecular complexity index is 638. The van der Waals surface area contributed by atoms with Crippen LogP contribution in [0.1, 0.15) is 43.2 Å². The molecule has 9 heteroatoms. The van der Waals surface area contributed by atoms with Crippen LogP contribution in [0.25, 0.3) is 0 Å². The Morgan fingerprint density at radius 2 is 2.04 bits per heavy atom. The Morgan fingerprint density at radius 1 is 1.46 bits per heavy atom. The third-order valence-electron chi connectivity index (χ3n) is 4.31. The van der Waals surface area contributed by atoms with Gasteiger partial charge in [0.25, 0.3) is 0 Å². The molecule has 1 aliphatic carbocycles. The van der Waals surface area contributed by atoms with Gasteiger partial charge in [-0.3, -0.25) is 0 Å². The van der Waals surface area contributed by atoms with Gasteiger partial charge >= 0.3 is 12.1 Å². The minimum absolute atomic E-state index is 0.224. The highest BCUT2D eigenvalue weighted by atomic mass is 19.4. The van der Waals surface area contributed by atoms with E-state index in [0.717, 1.165) is 5.56 Å². The van der Waals surface area contributed by atoms with Gasteiger partial charge in [0.1, 0.15) is 11.9 Å². The van der Waals surface area contributed by atoms with Crippen LogP contribution in [-0.4, -0.2) is 34.8 Å². The van der Waals surface area contributed by atoms with Gasteiger partial charge in [-0.2, -0.15) is 18.4 Å². The lowest BCUT2D eigenvalue weighted by molar-refractivity contribution is -0.192. The summed E-state index contributed by atoms with van der Waals surface area (Å²) in [5, 5.41) is 19.8. The van der Waals surface area contributed by atoms with Gasteiger partial charge in [-0.05, 0) is 37.3 Å². The van der Waals surface area contributed by atoms with Crippen molar-refractivity contribution in [2.24, 2.45) is 11.7 Å². The second kappa shape index (κ2) is 9.97. The molecule has 1 heterocycles. The Labute approximate surface area is 150 Å². The first-order chi connectivity index (χ1) is 12.2. The molecular weight excluding hydrogens is 349 g/mol. The van der Waals surface area contributed by atoms with Crippen LogP contribution in [0.15, 0.2) is 12.3 Å². The molecule has 1 atom stereocenters. The van der Waals surface area contributed by atoms with E-state index in [0.29, 0.717) is 23.8 Å². The first-order valence-corrected chi connectivity index (χ1v) is 8.33. The van der Waals surface area contributed by atoms with E-state index in [4.69, 9.17) is 15.6 Å². The van der Waals surface area contributed by atoms with Crippen LogP contribution in [0.5, 0.6) is 0 Å². The van der Waals surface area contributed by atoms with Crippen molar-refractivity contribution in [1.29, 1.82) is 5.26 Å². The number of halogens is 3. The van der Waals surface area contributed by atoms with Gasteiger partial charge in [0.05, 0.1) is 5.56 Å². The molecule has 2 rings (SSSR count). The fourth-order valence-electron chi connectivity index (χ4n) is 2.89. The molecule has 1 unspecified atom stereocenters. The molecule has 4 N–H and O–H groups in total. The maximum atomic E-state index is 10.6. The zero-order chi connectivity index (χ0) is 19.7. The maximum Gasteiger partial charge on any atom is 0.490 e. The SMILES string of the molecule is Cc1ccnc(NC(CN)C2CCCCC2)c1C#N.O=C(O)C(F)(F)F. The normalized spacial score (nSPS) is 16.0. The Hall–Kier alpha value is -2.34. The number of hydrogen-bond acceptors (Lipinski definition) is 5. The van der Waals surface area contributed by atoms with Crippen LogP contribution in [0, 0.1) is 24.2 Å². The van der Waals surface area contributed by atoms with Crippen molar-refractivity contribution >= 4 is 11.8 Å². The predicted molar refractivity (Wildman–Crippen MR) is 90.4 cm³/mol. The summed E-state index contributed by atoms with van der Waals surface area (Å²) in [4.78, 5) is 13.2. The van der Waals surface area contributed by atoms with Crippen LogP contribution >= 0.6 is 0 Å². The van der Waals surface area contributed by atoms with E-state index < -0.39 is 12.1 Å². The summed E-state index contributed by atoms with van der Waals surface area (Å²) in [5.41, 5.74) is 7.50. The molecule has 1 fully saturated rings. The Kier molecular flexibility index (Phi) is 8.32. The molecule has 0 saturated heterocycles. The summed E-state index contributed by atoms with van der Waals surface area (Å²) < 4.78 is 31.7. The van der Waals surface area contributed by atoms with Crippen LogP contribution in [-0.2, 0) is 4.79 Å². The zero-order valence-electron chi connectivity index (χ0n) is 14.5. The quantitative estimate of drug-likeness (QED) is 0.748. The van der Waals surface area contributed by atoms with Gasteiger partial charge in [-0.15, -0.1) is 0 Å². The fraction of sp³-hybridized carbons (Fsp3) is 0.588. The van der Waals surface area contributed by atoms with Gasteiger partial charge in [0.15, 0.2) is 0 Å². The summed E-state index contributed by atoms with van der Waals surface area (Å²) >= 11 is 0. The zero-order valence-corrected chi connectivity index (χ0v) is 14.5. The summed E-state index contributed by atoms with van der Waals surface area (Å²) in [5.74, 6) is -1.47. The number of anilines is 1. The molecule has 0 radical (unpaired) electrons. The number of aromatic nitrogens is 1. The number of alkyl halides is 3. The molecule has 0 aromatic carbocycles. The molecule has 1 aromatic rings. The largest absolute Gasteiger partial charge is 0.490 e. The summed E-state index contributed by atoms with van der Waals surface area (Å²) in [6.45, 7) is 2.52. The number of aliphatic carboxylic acids is 1. The molecule has 0 bridgehead atoms. The number of nitrogens with one attached hydrogen (secondary N) is 1. The lowest BCUT2D eigenvalue weighted by atomic mass is 9.84. The van der Waals surface area contributed by atoms with Crippen molar-refractivity contribution in [1.82, 2.24) is 4.98 Å². The number of carboxylic acid groups (broad SMARTS) is 1. The average Bonchev–Trinajstić information content (AvgIpc) is 2.60. The van der Waals surface area contributed by atoms with Gasteiger partial charge < -0.3 is 16.2 Å². The third kappa shape index (κ3) is 6.52. The molecule has 0 amide bonds. The standard InChI is InChI=1S/C15H22N4.C2HF3O2/c1-11-7-8-18-15(13(11)9-16)19-14(10-17)12-5-3-2-4-6-12;3-2(4,5)1(6)7/h7-8,12,14H,2-6,10,17H2,1H3,(H,18,19);(H,6,7). The molecule has 26 heavy (non-hydrogen) atoms. The highest BCUT2D eigenvalue weighted by Crippen LogP contribution is 2.28. The topological polar surface area (TPSA) is 112 Å². The summed E-state index contributed by atoms with van der Waals surface area (Å²) in [7, 11) is 0. The number of nitrogens with zero attached hydrogens (tertiary/aromatic N) is 2. The van der Waals surface area contributed by atoms with E-state index >= 15 is 0 Å². The predicted octanol–water partition coefficient (Wildman–Crippen LogP) is 3.21. The number of hydrogen-bond donors (Lipinski definition) is 3. The monoisotopic (exact) mass is 372 g/mol. The van der Waals surface area contributed by atoms with E-state index in [9.17, 15) is 18.4 Å². The molecule has 1 aromatic heterocycles. The third-order valence-corrected chi connectivity index (χ3v) is 4.31. The number of carboxylic acids is 1. The van der Waals surface area contributed by atoms with Crippen molar-refractivity contribution in [3.05, 3.63) is 23.4 Å². The lowest BCUT2D eigenvalue weighted by Crippen LogP contribution is -2.37. The van der Waals surface area contributed by atoms with E-state index in [2.05, 4.69) is 16.4 Å². The number of carbonyl (C=O) groups is 1. The average molecular weight is 372 g/mol. The first kappa shape index (κ1) is 21.7. The van der Waals surface area contributed by atoms with Crippen molar-refractivity contribution < 1.29 is 23.1 Å². The molecule has 6 nitrogen and oxygen atoms in total. The van der Waals surface area contributed by atoms with Crippen molar-refractivity contribution in [3.8, 4) is 6.07 Å². The first-order valence-electron chi connectivity index (χ1n) is 8.33. The highest BCUT2D eigenvalue weighted by molar-refractivity contribution is 5.73. The van der Waals surface area contributed by atoms with Crippen LogP contribution in [0.2, 0.25) is 0 Å². The van der Waals surface area contributed by atoms with E-state index in [1.54, 1.807) is 6.20 Å². The summed E-state index contributed by atoms with van der Waals surface area (Å²) in [6.07, 6.45) is 3.02. The van der Waals surface area contributed by atoms with Gasteiger partial charge in [0, 0.05) is 18.8 Å². The van der Waals surface area contributed by atoms with Crippen molar-refractivity contribution in [2.75, 3.05) is 11.9 Å². The minimum Gasteiger partial charge on any atom is -0.475 e. The van der Waals surface area contributed by atoms with E-state index in [1.165, 1.54) is 32.1 Å². The fourth-order valence-corrected chi connectivity index (χ4v) is 2.89. The molecular formula is C17H23F3N4O2. The van der Waals surface area contributed by atoms with Crippen LogP contribution in [0.3, 0.4) is 0 Å². The number of nitrogens with two attached hydrogens (primary N) is 1. The molecule has 1 aliphatic rings. The lowest BCUT2D eigenvalue weighted by Gasteiger charge is -2.30. The van der Waals surface area contributed by atoms with E-state index in [-0.39, 0.29) is 6.04 Å². The number of aryl methyl sites for hydroxylation is 1. The Balaban J connectivity index is 0.000000412. The van der Waals surface area contributed by atoms with Gasteiger partial charge in [-0.25, -0.2) is 9.78 Å². The molecule has 144 valence electrons. The summed E-state index contributed by atoms with van der Waals surface area (Å²) in [6, 6.07) is 4.32. The molecule has 1 saturated carbocycles. The maximum absolute atomic E-state index is 10.6. The number of rotatable bonds is 4. The Morgan fingerprint density at radius 3 is 2.50 bits per heavy atom. The second-order valence-electron chi connectivity index (χ2n) is 6.15. The van der Waals surface area contributed by atoms with Crippen molar-refractivity contribution in [2.45, 2.75) is 51.2 Å². The van der Waals surface area contributed by atoms with E-state index in [1.807, 2.05) is 13.0 Å². The number of pyridine rings is 1. The molecule has 0 aliphatic heterocycles. The van der Waals surface area contributed by atoms with Gasteiger partial charge in [-0.1, -0.05) is 19.3 Å². The second-order valence-corrected chi connectivity index (χ2v) is 6.15. The minimum atomic E-state index is -5.08. The van der Waals surface area contributed by atoms with Gasteiger partial charge in [0.2, 0.25) is 0 Å². The smallest absolute Gasteiger partial charge is 0.475 e. The van der Waals surface area contributed by atoms with Crippen LogP contribution < -0.4 is 11.1 Å². The van der Waals surface area contributed by atoms with Crippen molar-refractivity contribution in [3.63, 3.8) is 0 Å². The van der Waals surface area contributed by atoms with Crippen LogP contribution in [0.4, 0.5) is 19.0 Å². The number of nitriles is 1. The highest BCUT2D eigenvalue weighted by Gasteiger charge is 2.38.